The van der Waals surface area contributed by atoms with Crippen LogP contribution in [-0.4, -0.2) is 47.7 Å². The molecule has 3 heterocycles. The van der Waals surface area contributed by atoms with Crippen molar-refractivity contribution >= 4 is 22.5 Å². The van der Waals surface area contributed by atoms with Crippen molar-refractivity contribution in [2.45, 2.75) is 57.8 Å². The molecule has 1 fully saturated rings. The van der Waals surface area contributed by atoms with Crippen LogP contribution in [0.4, 0.5) is 10.1 Å². The summed E-state index contributed by atoms with van der Waals surface area (Å²) in [5.41, 5.74) is 0.952. The second-order valence-corrected chi connectivity index (χ2v) is 8.26. The van der Waals surface area contributed by atoms with Crippen LogP contribution in [0.5, 0.6) is 0 Å². The molecule has 0 spiro atoms. The van der Waals surface area contributed by atoms with Crippen LogP contribution in [0.15, 0.2) is 24.7 Å². The first-order valence-electron chi connectivity index (χ1n) is 9.85. The molecule has 4 rings (SSSR count). The Hall–Kier alpha value is -2.81. The van der Waals surface area contributed by atoms with Crippen molar-refractivity contribution in [3.63, 3.8) is 0 Å². The van der Waals surface area contributed by atoms with Gasteiger partial charge in [-0.05, 0) is 32.8 Å². The lowest BCUT2D eigenvalue weighted by atomic mass is 9.86. The van der Waals surface area contributed by atoms with E-state index in [0.717, 1.165) is 23.7 Å². The molecule has 29 heavy (non-hydrogen) atoms. The number of nitrogens with zero attached hydrogens (tertiary/aromatic N) is 4. The maximum absolute atomic E-state index is 14.1. The molecule has 8 nitrogen and oxygen atoms in total. The first kappa shape index (κ1) is 19.5. The molecule has 3 aromatic rings. The van der Waals surface area contributed by atoms with Gasteiger partial charge in [0.05, 0.1) is 47.9 Å². The van der Waals surface area contributed by atoms with Crippen molar-refractivity contribution in [3.05, 3.63) is 24.7 Å². The van der Waals surface area contributed by atoms with Crippen LogP contribution in [0.2, 0.25) is 0 Å². The number of aromatic amines is 1. The van der Waals surface area contributed by atoms with Gasteiger partial charge in [-0.2, -0.15) is 10.2 Å². The Labute approximate surface area is 167 Å². The molecule has 1 aliphatic rings. The van der Waals surface area contributed by atoms with E-state index in [-0.39, 0.29) is 12.5 Å². The Bertz CT molecular complexity index is 1020. The summed E-state index contributed by atoms with van der Waals surface area (Å²) in [6.07, 6.45) is 7.40. The number of rotatable bonds is 5. The summed E-state index contributed by atoms with van der Waals surface area (Å²) in [4.78, 5) is 17.1. The summed E-state index contributed by atoms with van der Waals surface area (Å²) < 4.78 is 15.7. The van der Waals surface area contributed by atoms with E-state index in [0.29, 0.717) is 29.9 Å². The van der Waals surface area contributed by atoms with Gasteiger partial charge in [-0.3, -0.25) is 19.6 Å². The second-order valence-electron chi connectivity index (χ2n) is 8.26. The van der Waals surface area contributed by atoms with Crippen molar-refractivity contribution in [2.24, 2.45) is 5.92 Å². The van der Waals surface area contributed by atoms with Crippen molar-refractivity contribution in [1.82, 2.24) is 25.0 Å². The predicted molar refractivity (Wildman–Crippen MR) is 107 cm³/mol. The smallest absolute Gasteiger partial charge is 0.230 e. The average molecular weight is 400 g/mol. The highest BCUT2D eigenvalue weighted by Gasteiger charge is 2.30. The maximum atomic E-state index is 14.1. The molecule has 3 N–H and O–H groups in total. The summed E-state index contributed by atoms with van der Waals surface area (Å²) in [6.45, 7) is 3.13. The van der Waals surface area contributed by atoms with Gasteiger partial charge in [0.25, 0.3) is 0 Å². The number of halogens is 1. The standard InChI is InChI=1S/C20H25FN6O2/c1-20(2,21)11-27-16-7-14(22-8-12(16)9-24-27)18-15(10-23-26-18)25-19(29)13-5-3-4-6-17(13)28/h7-10,13,17,28H,3-6,11H2,1-2H3,(H,23,26)(H,25,29). The number of nitrogens with one attached hydrogen (secondary N) is 2. The summed E-state index contributed by atoms with van der Waals surface area (Å²) in [7, 11) is 0. The van der Waals surface area contributed by atoms with E-state index in [4.69, 9.17) is 0 Å². The van der Waals surface area contributed by atoms with Crippen LogP contribution >= 0.6 is 0 Å². The molecule has 1 aliphatic carbocycles. The van der Waals surface area contributed by atoms with Gasteiger partial charge in [0.15, 0.2) is 0 Å². The largest absolute Gasteiger partial charge is 0.392 e. The van der Waals surface area contributed by atoms with Crippen molar-refractivity contribution < 1.29 is 14.3 Å². The quantitative estimate of drug-likeness (QED) is 0.610. The van der Waals surface area contributed by atoms with Gasteiger partial charge in [-0.25, -0.2) is 4.39 Å². The summed E-state index contributed by atoms with van der Waals surface area (Å²) in [5.74, 6) is -0.639. The lowest BCUT2D eigenvalue weighted by Gasteiger charge is -2.26. The minimum absolute atomic E-state index is 0.117. The van der Waals surface area contributed by atoms with Crippen molar-refractivity contribution in [3.8, 4) is 11.4 Å². The average Bonchev–Trinajstić information content (AvgIpc) is 3.27. The molecule has 9 heteroatoms. The number of carbonyl (C=O) groups is 1. The Balaban J connectivity index is 1.61. The monoisotopic (exact) mass is 400 g/mol. The summed E-state index contributed by atoms with van der Waals surface area (Å²) >= 11 is 0. The van der Waals surface area contributed by atoms with Gasteiger partial charge in [0.1, 0.15) is 11.4 Å². The lowest BCUT2D eigenvalue weighted by molar-refractivity contribution is -0.124. The molecule has 1 saturated carbocycles. The Morgan fingerprint density at radius 2 is 2.14 bits per heavy atom. The highest BCUT2D eigenvalue weighted by Crippen LogP contribution is 2.30. The van der Waals surface area contributed by atoms with E-state index in [1.54, 1.807) is 23.1 Å². The number of fused-ring (bicyclic) bond motifs is 1. The number of amides is 1. The highest BCUT2D eigenvalue weighted by atomic mass is 19.1. The number of anilines is 1. The van der Waals surface area contributed by atoms with Gasteiger partial charge in [-0.1, -0.05) is 12.8 Å². The van der Waals surface area contributed by atoms with E-state index in [9.17, 15) is 14.3 Å². The molecule has 2 unspecified atom stereocenters. The third-order valence-electron chi connectivity index (χ3n) is 5.27. The van der Waals surface area contributed by atoms with E-state index in [1.807, 2.05) is 0 Å². The number of hydrogen-bond acceptors (Lipinski definition) is 5. The number of alkyl halides is 1. The van der Waals surface area contributed by atoms with E-state index in [1.165, 1.54) is 20.0 Å². The zero-order chi connectivity index (χ0) is 20.6. The third kappa shape index (κ3) is 4.14. The number of carbonyl (C=O) groups excluding carboxylic acids is 1. The maximum Gasteiger partial charge on any atom is 0.230 e. The fraction of sp³-hybridized carbons (Fsp3) is 0.500. The van der Waals surface area contributed by atoms with Crippen LogP contribution in [0.25, 0.3) is 22.3 Å². The zero-order valence-corrected chi connectivity index (χ0v) is 16.5. The number of aliphatic hydroxyl groups is 1. The van der Waals surface area contributed by atoms with Gasteiger partial charge >= 0.3 is 0 Å². The second kappa shape index (κ2) is 7.55. The van der Waals surface area contributed by atoms with Gasteiger partial charge in [-0.15, -0.1) is 0 Å². The van der Waals surface area contributed by atoms with Crippen LogP contribution in [-0.2, 0) is 11.3 Å². The molecule has 2 atom stereocenters. The summed E-state index contributed by atoms with van der Waals surface area (Å²) in [5, 5.41) is 25.0. The van der Waals surface area contributed by atoms with Crippen molar-refractivity contribution in [2.75, 3.05) is 5.32 Å². The molecule has 0 aliphatic heterocycles. The van der Waals surface area contributed by atoms with Crippen molar-refractivity contribution in [1.29, 1.82) is 0 Å². The molecule has 0 saturated heterocycles. The van der Waals surface area contributed by atoms with Gasteiger partial charge in [0.2, 0.25) is 5.91 Å². The highest BCUT2D eigenvalue weighted by molar-refractivity contribution is 5.96. The molecular formula is C20H25FN6O2. The Morgan fingerprint density at radius 1 is 1.34 bits per heavy atom. The molecule has 0 radical (unpaired) electrons. The number of H-pyrrole nitrogens is 1. The molecule has 3 aromatic heterocycles. The van der Waals surface area contributed by atoms with Gasteiger partial charge < -0.3 is 10.4 Å². The lowest BCUT2D eigenvalue weighted by Crippen LogP contribution is -2.35. The third-order valence-corrected chi connectivity index (χ3v) is 5.27. The predicted octanol–water partition coefficient (Wildman–Crippen LogP) is 3.06. The first-order valence-corrected chi connectivity index (χ1v) is 9.85. The molecule has 1 amide bonds. The first-order chi connectivity index (χ1) is 13.8. The van der Waals surface area contributed by atoms with Crippen LogP contribution < -0.4 is 5.32 Å². The Morgan fingerprint density at radius 3 is 2.90 bits per heavy atom. The normalized spacial score (nSPS) is 20.1. The zero-order valence-electron chi connectivity index (χ0n) is 16.5. The van der Waals surface area contributed by atoms with Crippen LogP contribution in [0.1, 0.15) is 39.5 Å². The Kier molecular flexibility index (Phi) is 5.08. The number of aromatic nitrogens is 5. The minimum atomic E-state index is -1.41. The van der Waals surface area contributed by atoms with E-state index < -0.39 is 17.7 Å². The minimum Gasteiger partial charge on any atom is -0.392 e. The fourth-order valence-corrected chi connectivity index (χ4v) is 3.81. The van der Waals surface area contributed by atoms with E-state index >= 15 is 0 Å². The fourth-order valence-electron chi connectivity index (χ4n) is 3.81. The van der Waals surface area contributed by atoms with Crippen LogP contribution in [0, 0.1) is 5.92 Å². The number of aliphatic hydroxyl groups excluding tert-OH is 1. The van der Waals surface area contributed by atoms with Gasteiger partial charge in [0, 0.05) is 11.6 Å². The molecular weight excluding hydrogens is 375 g/mol. The molecule has 0 aromatic carbocycles. The topological polar surface area (TPSA) is 109 Å². The van der Waals surface area contributed by atoms with E-state index in [2.05, 4.69) is 25.6 Å². The number of hydrogen-bond donors (Lipinski definition) is 3. The molecule has 0 bridgehead atoms. The SMILES string of the molecule is CC(C)(F)Cn1ncc2cnc(-c3[nH]ncc3NC(=O)C3CCCCC3O)cc21. The molecule has 154 valence electrons. The summed E-state index contributed by atoms with van der Waals surface area (Å²) in [6, 6.07) is 1.80. The van der Waals surface area contributed by atoms with Crippen LogP contribution in [0.3, 0.4) is 0 Å². The number of pyridine rings is 1.